The lowest BCUT2D eigenvalue weighted by molar-refractivity contribution is -0.121. The molecule has 1 aliphatic rings. The average Bonchev–Trinajstić information content (AvgIpc) is 3.06. The maximum absolute atomic E-state index is 11.6. The SMILES string of the molecule is C=CC(=O)CC(=O)C=Cc1ccc(C2CCCC2)c(OC)c1. The second-order valence-corrected chi connectivity index (χ2v) is 5.63. The molecule has 1 aromatic rings. The Morgan fingerprint density at radius 1 is 1.27 bits per heavy atom. The summed E-state index contributed by atoms with van der Waals surface area (Å²) in [4.78, 5) is 22.8. The number of rotatable bonds is 7. The van der Waals surface area contributed by atoms with Crippen molar-refractivity contribution >= 4 is 17.6 Å². The van der Waals surface area contributed by atoms with Gasteiger partial charge in [0.05, 0.1) is 13.5 Å². The molecular formula is C19H22O3. The molecule has 0 atom stereocenters. The lowest BCUT2D eigenvalue weighted by Gasteiger charge is -2.14. The molecule has 1 fully saturated rings. The fraction of sp³-hybridized carbons (Fsp3) is 0.368. The van der Waals surface area contributed by atoms with Crippen molar-refractivity contribution in [3.05, 3.63) is 48.1 Å². The summed E-state index contributed by atoms with van der Waals surface area (Å²) in [7, 11) is 1.68. The Labute approximate surface area is 131 Å². The largest absolute Gasteiger partial charge is 0.496 e. The van der Waals surface area contributed by atoms with Gasteiger partial charge in [-0.2, -0.15) is 0 Å². The van der Waals surface area contributed by atoms with E-state index < -0.39 is 0 Å². The highest BCUT2D eigenvalue weighted by atomic mass is 16.5. The van der Waals surface area contributed by atoms with Crippen LogP contribution in [0.5, 0.6) is 5.75 Å². The molecule has 0 amide bonds. The predicted molar refractivity (Wildman–Crippen MR) is 88.1 cm³/mol. The molecule has 0 aromatic heterocycles. The van der Waals surface area contributed by atoms with E-state index in [4.69, 9.17) is 4.74 Å². The molecule has 116 valence electrons. The Kier molecular flexibility index (Phi) is 5.70. The van der Waals surface area contributed by atoms with Gasteiger partial charge >= 0.3 is 0 Å². The zero-order valence-electron chi connectivity index (χ0n) is 13.0. The molecule has 0 spiro atoms. The van der Waals surface area contributed by atoms with Crippen LogP contribution in [0.25, 0.3) is 6.08 Å². The molecule has 0 unspecified atom stereocenters. The van der Waals surface area contributed by atoms with Gasteiger partial charge < -0.3 is 4.74 Å². The monoisotopic (exact) mass is 298 g/mol. The van der Waals surface area contributed by atoms with Gasteiger partial charge in [-0.15, -0.1) is 0 Å². The van der Waals surface area contributed by atoms with Gasteiger partial charge in [-0.05, 0) is 48.1 Å². The third-order valence-corrected chi connectivity index (χ3v) is 4.09. The van der Waals surface area contributed by atoms with Crippen molar-refractivity contribution in [2.45, 2.75) is 38.0 Å². The first-order chi connectivity index (χ1) is 10.6. The Bertz CT molecular complexity index is 593. The second-order valence-electron chi connectivity index (χ2n) is 5.63. The summed E-state index contributed by atoms with van der Waals surface area (Å²) in [5.74, 6) is 0.982. The normalized spacial score (nSPS) is 15.1. The van der Waals surface area contributed by atoms with Crippen LogP contribution in [0.1, 0.15) is 49.1 Å². The standard InChI is InChI=1S/C19H22O3/c1-3-16(20)13-17(21)10-8-14-9-11-18(19(12-14)22-2)15-6-4-5-7-15/h3,8-12,15H,1,4-7,13H2,2H3. The maximum atomic E-state index is 11.6. The van der Waals surface area contributed by atoms with Crippen LogP contribution in [0.4, 0.5) is 0 Å². The van der Waals surface area contributed by atoms with Crippen LogP contribution >= 0.6 is 0 Å². The van der Waals surface area contributed by atoms with Gasteiger partial charge in [-0.25, -0.2) is 0 Å². The smallest absolute Gasteiger partial charge is 0.163 e. The number of ketones is 2. The molecule has 0 N–H and O–H groups in total. The van der Waals surface area contributed by atoms with Crippen molar-refractivity contribution < 1.29 is 14.3 Å². The average molecular weight is 298 g/mol. The minimum atomic E-state index is -0.260. The molecule has 1 aliphatic carbocycles. The van der Waals surface area contributed by atoms with E-state index in [9.17, 15) is 9.59 Å². The molecule has 3 heteroatoms. The van der Waals surface area contributed by atoms with E-state index in [1.807, 2.05) is 12.1 Å². The number of carbonyl (C=O) groups is 2. The molecule has 1 saturated carbocycles. The second kappa shape index (κ2) is 7.74. The van der Waals surface area contributed by atoms with Crippen LogP contribution in [-0.4, -0.2) is 18.7 Å². The van der Waals surface area contributed by atoms with Gasteiger partial charge in [0.1, 0.15) is 5.75 Å². The fourth-order valence-corrected chi connectivity index (χ4v) is 2.90. The maximum Gasteiger partial charge on any atom is 0.163 e. The zero-order chi connectivity index (χ0) is 15.9. The van der Waals surface area contributed by atoms with Crippen molar-refractivity contribution in [3.8, 4) is 5.75 Å². The minimum absolute atomic E-state index is 0.128. The number of ether oxygens (including phenoxy) is 1. The summed E-state index contributed by atoms with van der Waals surface area (Å²) in [5, 5.41) is 0. The number of allylic oxidation sites excluding steroid dienone is 2. The van der Waals surface area contributed by atoms with E-state index in [1.54, 1.807) is 13.2 Å². The van der Waals surface area contributed by atoms with Crippen LogP contribution in [0, 0.1) is 0 Å². The molecule has 0 bridgehead atoms. The summed E-state index contributed by atoms with van der Waals surface area (Å²) in [6, 6.07) is 6.04. The first-order valence-electron chi connectivity index (χ1n) is 7.68. The van der Waals surface area contributed by atoms with E-state index >= 15 is 0 Å². The van der Waals surface area contributed by atoms with E-state index in [2.05, 4.69) is 12.6 Å². The molecular weight excluding hydrogens is 276 g/mol. The van der Waals surface area contributed by atoms with Crippen LogP contribution in [-0.2, 0) is 9.59 Å². The summed E-state index contributed by atoms with van der Waals surface area (Å²) in [5.41, 5.74) is 2.16. The number of benzene rings is 1. The molecule has 0 aliphatic heterocycles. The van der Waals surface area contributed by atoms with Crippen LogP contribution in [0.2, 0.25) is 0 Å². The Balaban J connectivity index is 2.10. The van der Waals surface area contributed by atoms with Gasteiger partial charge in [0.25, 0.3) is 0 Å². The van der Waals surface area contributed by atoms with Gasteiger partial charge in [-0.3, -0.25) is 9.59 Å². The van der Waals surface area contributed by atoms with Crippen molar-refractivity contribution in [1.82, 2.24) is 0 Å². The molecule has 3 nitrogen and oxygen atoms in total. The van der Waals surface area contributed by atoms with Gasteiger partial charge in [0, 0.05) is 0 Å². The molecule has 0 radical (unpaired) electrons. The van der Waals surface area contributed by atoms with E-state index in [0.717, 1.165) is 11.3 Å². The number of hydrogen-bond acceptors (Lipinski definition) is 3. The van der Waals surface area contributed by atoms with E-state index in [1.165, 1.54) is 43.4 Å². The third-order valence-electron chi connectivity index (χ3n) is 4.09. The van der Waals surface area contributed by atoms with Crippen molar-refractivity contribution in [3.63, 3.8) is 0 Å². The van der Waals surface area contributed by atoms with E-state index in [0.29, 0.717) is 5.92 Å². The highest BCUT2D eigenvalue weighted by Crippen LogP contribution is 2.39. The van der Waals surface area contributed by atoms with Gasteiger partial charge in [0.2, 0.25) is 0 Å². The van der Waals surface area contributed by atoms with E-state index in [-0.39, 0.29) is 18.0 Å². The number of carbonyl (C=O) groups excluding carboxylic acids is 2. The summed E-state index contributed by atoms with van der Waals surface area (Å²) >= 11 is 0. The molecule has 0 heterocycles. The Hall–Kier alpha value is -2.16. The fourth-order valence-electron chi connectivity index (χ4n) is 2.90. The molecule has 2 rings (SSSR count). The third kappa shape index (κ3) is 4.17. The quantitative estimate of drug-likeness (QED) is 0.562. The molecule has 0 saturated heterocycles. The lowest BCUT2D eigenvalue weighted by Crippen LogP contribution is -2.01. The van der Waals surface area contributed by atoms with Crippen LogP contribution < -0.4 is 4.74 Å². The van der Waals surface area contributed by atoms with Crippen LogP contribution in [0.3, 0.4) is 0 Å². The summed E-state index contributed by atoms with van der Waals surface area (Å²) < 4.78 is 5.50. The van der Waals surface area contributed by atoms with Crippen molar-refractivity contribution in [2.24, 2.45) is 0 Å². The molecule has 22 heavy (non-hydrogen) atoms. The lowest BCUT2D eigenvalue weighted by atomic mass is 9.95. The highest BCUT2D eigenvalue weighted by Gasteiger charge is 2.20. The first-order valence-corrected chi connectivity index (χ1v) is 7.68. The number of methoxy groups -OCH3 is 1. The topological polar surface area (TPSA) is 43.4 Å². The number of hydrogen-bond donors (Lipinski definition) is 0. The van der Waals surface area contributed by atoms with Gasteiger partial charge in [0.15, 0.2) is 11.6 Å². The first kappa shape index (κ1) is 16.2. The Morgan fingerprint density at radius 3 is 2.64 bits per heavy atom. The van der Waals surface area contributed by atoms with Crippen LogP contribution in [0.15, 0.2) is 36.9 Å². The highest BCUT2D eigenvalue weighted by molar-refractivity contribution is 6.09. The van der Waals surface area contributed by atoms with Gasteiger partial charge in [-0.1, -0.05) is 37.6 Å². The predicted octanol–water partition coefficient (Wildman–Crippen LogP) is 4.08. The molecule has 1 aromatic carbocycles. The van der Waals surface area contributed by atoms with Crippen molar-refractivity contribution in [1.29, 1.82) is 0 Å². The van der Waals surface area contributed by atoms with Crippen molar-refractivity contribution in [2.75, 3.05) is 7.11 Å². The summed E-state index contributed by atoms with van der Waals surface area (Å²) in [6.45, 7) is 3.36. The minimum Gasteiger partial charge on any atom is -0.496 e. The zero-order valence-corrected chi connectivity index (χ0v) is 13.0. The Morgan fingerprint density at radius 2 is 2.00 bits per heavy atom. The summed E-state index contributed by atoms with van der Waals surface area (Å²) in [6.07, 6.45) is 9.19.